The number of carbonyl (C=O) groups excluding carboxylic acids is 1. The fourth-order valence-electron chi connectivity index (χ4n) is 4.06. The van der Waals surface area contributed by atoms with Crippen LogP contribution in [0.4, 0.5) is 10.5 Å². The molecule has 30 heavy (non-hydrogen) atoms. The molecule has 1 aliphatic rings. The summed E-state index contributed by atoms with van der Waals surface area (Å²) in [7, 11) is 0. The van der Waals surface area contributed by atoms with Crippen molar-refractivity contribution in [1.29, 1.82) is 0 Å². The van der Waals surface area contributed by atoms with E-state index in [1.165, 1.54) is 0 Å². The standard InChI is InChI=1S/C24H17NO5/c26-23(27)22-21(18-11-5-6-12-20(18)30-22)25-24(28)29-13-19-16-9-3-1-7-14(16)15-8-2-4-10-17(15)19/h1-12,19H,13H2,(H,25,28)(H,26,27). The van der Waals surface area contributed by atoms with Gasteiger partial charge in [0, 0.05) is 11.3 Å². The van der Waals surface area contributed by atoms with E-state index in [0.29, 0.717) is 11.0 Å². The number of fused-ring (bicyclic) bond motifs is 4. The molecule has 0 radical (unpaired) electrons. The van der Waals surface area contributed by atoms with E-state index in [0.717, 1.165) is 22.3 Å². The summed E-state index contributed by atoms with van der Waals surface area (Å²) in [6, 6.07) is 22.9. The fourth-order valence-corrected chi connectivity index (χ4v) is 4.06. The van der Waals surface area contributed by atoms with Crippen molar-refractivity contribution in [2.75, 3.05) is 11.9 Å². The summed E-state index contributed by atoms with van der Waals surface area (Å²) in [6.07, 6.45) is -0.731. The van der Waals surface area contributed by atoms with Gasteiger partial charge in [-0.3, -0.25) is 5.32 Å². The van der Waals surface area contributed by atoms with Crippen molar-refractivity contribution in [1.82, 2.24) is 0 Å². The number of hydrogen-bond donors (Lipinski definition) is 2. The van der Waals surface area contributed by atoms with Crippen molar-refractivity contribution in [3.8, 4) is 11.1 Å². The molecule has 6 nitrogen and oxygen atoms in total. The molecule has 2 N–H and O–H groups in total. The van der Waals surface area contributed by atoms with Gasteiger partial charge in [0.25, 0.3) is 0 Å². The molecule has 4 aromatic rings. The molecule has 0 saturated carbocycles. The van der Waals surface area contributed by atoms with E-state index < -0.39 is 12.1 Å². The second kappa shape index (κ2) is 7.08. The first kappa shape index (κ1) is 18.0. The van der Waals surface area contributed by atoms with Crippen LogP contribution in [0, 0.1) is 0 Å². The van der Waals surface area contributed by atoms with Gasteiger partial charge in [-0.25, -0.2) is 9.59 Å². The van der Waals surface area contributed by atoms with E-state index in [-0.39, 0.29) is 24.0 Å². The van der Waals surface area contributed by atoms with Crippen molar-refractivity contribution >= 4 is 28.7 Å². The third-order valence-corrected chi connectivity index (χ3v) is 5.36. The van der Waals surface area contributed by atoms with Gasteiger partial charge in [-0.05, 0) is 34.4 Å². The van der Waals surface area contributed by atoms with Gasteiger partial charge in [0.15, 0.2) is 0 Å². The van der Waals surface area contributed by atoms with Gasteiger partial charge in [-0.1, -0.05) is 60.7 Å². The SMILES string of the molecule is O=C(Nc1c(C(=O)O)oc2ccccc12)OCC1c2ccccc2-c2ccccc21. The molecule has 5 rings (SSSR count). The van der Waals surface area contributed by atoms with Gasteiger partial charge in [-0.15, -0.1) is 0 Å². The minimum absolute atomic E-state index is 0.0804. The number of amides is 1. The maximum absolute atomic E-state index is 12.5. The summed E-state index contributed by atoms with van der Waals surface area (Å²) >= 11 is 0. The monoisotopic (exact) mass is 399 g/mol. The number of ether oxygens (including phenoxy) is 1. The first-order valence-corrected chi connectivity index (χ1v) is 9.50. The average Bonchev–Trinajstić information content (AvgIpc) is 3.29. The zero-order chi connectivity index (χ0) is 20.7. The lowest BCUT2D eigenvalue weighted by atomic mass is 9.98. The van der Waals surface area contributed by atoms with Crippen LogP contribution in [0.1, 0.15) is 27.6 Å². The Balaban J connectivity index is 1.39. The van der Waals surface area contributed by atoms with Crippen molar-refractivity contribution in [2.45, 2.75) is 5.92 Å². The fraction of sp³-hybridized carbons (Fsp3) is 0.0833. The zero-order valence-electron chi connectivity index (χ0n) is 15.8. The van der Waals surface area contributed by atoms with Crippen LogP contribution < -0.4 is 5.32 Å². The first-order chi connectivity index (χ1) is 14.6. The Hall–Kier alpha value is -4.06. The predicted molar refractivity (Wildman–Crippen MR) is 112 cm³/mol. The predicted octanol–water partition coefficient (Wildman–Crippen LogP) is 5.49. The van der Waals surface area contributed by atoms with E-state index in [2.05, 4.69) is 17.4 Å². The molecule has 148 valence electrons. The van der Waals surface area contributed by atoms with Crippen molar-refractivity contribution in [3.63, 3.8) is 0 Å². The summed E-state index contributed by atoms with van der Waals surface area (Å²) in [5.41, 5.74) is 4.95. The number of carboxylic acids is 1. The average molecular weight is 399 g/mol. The molecule has 1 amide bonds. The Morgan fingerprint density at radius 2 is 1.50 bits per heavy atom. The smallest absolute Gasteiger partial charge is 0.411 e. The number of carbonyl (C=O) groups is 2. The molecular weight excluding hydrogens is 382 g/mol. The normalized spacial score (nSPS) is 12.4. The highest BCUT2D eigenvalue weighted by molar-refractivity contribution is 6.07. The quantitative estimate of drug-likeness (QED) is 0.474. The number of anilines is 1. The van der Waals surface area contributed by atoms with Gasteiger partial charge in [-0.2, -0.15) is 0 Å². The molecule has 0 bridgehead atoms. The lowest BCUT2D eigenvalue weighted by molar-refractivity contribution is 0.0666. The highest BCUT2D eigenvalue weighted by Crippen LogP contribution is 2.44. The maximum Gasteiger partial charge on any atom is 0.411 e. The molecule has 1 heterocycles. The van der Waals surface area contributed by atoms with Gasteiger partial charge in [0.05, 0.1) is 0 Å². The number of aromatic carboxylic acids is 1. The second-order valence-electron chi connectivity index (χ2n) is 7.06. The highest BCUT2D eigenvalue weighted by Gasteiger charge is 2.29. The van der Waals surface area contributed by atoms with Crippen LogP contribution in [0.5, 0.6) is 0 Å². The van der Waals surface area contributed by atoms with Crippen molar-refractivity contribution < 1.29 is 23.8 Å². The van der Waals surface area contributed by atoms with E-state index in [4.69, 9.17) is 9.15 Å². The minimum atomic E-state index is -1.26. The van der Waals surface area contributed by atoms with Gasteiger partial charge in [0.2, 0.25) is 5.76 Å². The molecule has 0 atom stereocenters. The van der Waals surface area contributed by atoms with Crippen molar-refractivity contribution in [3.05, 3.63) is 89.7 Å². The molecule has 0 saturated heterocycles. The van der Waals surface area contributed by atoms with Crippen LogP contribution in [0.25, 0.3) is 22.1 Å². The molecule has 3 aromatic carbocycles. The number of hydrogen-bond acceptors (Lipinski definition) is 4. The summed E-state index contributed by atoms with van der Waals surface area (Å²) in [5, 5.41) is 12.5. The molecule has 6 heteroatoms. The molecule has 1 aromatic heterocycles. The number of rotatable bonds is 4. The summed E-state index contributed by atoms with van der Waals surface area (Å²) in [4.78, 5) is 24.1. The summed E-state index contributed by atoms with van der Waals surface area (Å²) < 4.78 is 10.9. The van der Waals surface area contributed by atoms with Gasteiger partial charge < -0.3 is 14.3 Å². The number of furan rings is 1. The Bertz CT molecular complexity index is 1240. The minimum Gasteiger partial charge on any atom is -0.475 e. The van der Waals surface area contributed by atoms with Crippen LogP contribution in [0.3, 0.4) is 0 Å². The van der Waals surface area contributed by atoms with E-state index in [1.807, 2.05) is 36.4 Å². The Labute approximate surface area is 171 Å². The van der Waals surface area contributed by atoms with Gasteiger partial charge >= 0.3 is 12.1 Å². The molecule has 0 spiro atoms. The zero-order valence-corrected chi connectivity index (χ0v) is 15.8. The largest absolute Gasteiger partial charge is 0.475 e. The van der Waals surface area contributed by atoms with Crippen LogP contribution >= 0.6 is 0 Å². The molecule has 1 aliphatic carbocycles. The van der Waals surface area contributed by atoms with Crippen LogP contribution in [-0.4, -0.2) is 23.8 Å². The summed E-state index contributed by atoms with van der Waals surface area (Å²) in [6.45, 7) is 0.137. The Kier molecular flexibility index (Phi) is 4.25. The lowest BCUT2D eigenvalue weighted by Crippen LogP contribution is -2.18. The van der Waals surface area contributed by atoms with E-state index in [1.54, 1.807) is 24.3 Å². The van der Waals surface area contributed by atoms with Crippen LogP contribution in [0.2, 0.25) is 0 Å². The number of nitrogens with one attached hydrogen (secondary N) is 1. The lowest BCUT2D eigenvalue weighted by Gasteiger charge is -2.14. The number of benzene rings is 3. The maximum atomic E-state index is 12.5. The Morgan fingerprint density at radius 1 is 0.900 bits per heavy atom. The Morgan fingerprint density at radius 3 is 2.17 bits per heavy atom. The van der Waals surface area contributed by atoms with Crippen LogP contribution in [0.15, 0.2) is 77.2 Å². The second-order valence-corrected chi connectivity index (χ2v) is 7.06. The molecule has 0 fully saturated rings. The van der Waals surface area contributed by atoms with Crippen LogP contribution in [-0.2, 0) is 4.74 Å². The first-order valence-electron chi connectivity index (χ1n) is 9.50. The summed E-state index contributed by atoms with van der Waals surface area (Å²) in [5.74, 6) is -1.67. The van der Waals surface area contributed by atoms with E-state index in [9.17, 15) is 14.7 Å². The van der Waals surface area contributed by atoms with Gasteiger partial charge in [0.1, 0.15) is 17.9 Å². The third-order valence-electron chi connectivity index (χ3n) is 5.36. The number of carboxylic acid groups (broad SMARTS) is 1. The highest BCUT2D eigenvalue weighted by atomic mass is 16.5. The molecular formula is C24H17NO5. The van der Waals surface area contributed by atoms with Crippen molar-refractivity contribution in [2.24, 2.45) is 0 Å². The third kappa shape index (κ3) is 2.90. The van der Waals surface area contributed by atoms with E-state index >= 15 is 0 Å². The topological polar surface area (TPSA) is 88.8 Å². The number of para-hydroxylation sites is 1. The molecule has 0 unspecified atom stereocenters. The molecule has 0 aliphatic heterocycles.